The lowest BCUT2D eigenvalue weighted by Crippen LogP contribution is -2.37. The van der Waals surface area contributed by atoms with Gasteiger partial charge in [-0.25, -0.2) is 23.4 Å². The van der Waals surface area contributed by atoms with Crippen LogP contribution in [0.3, 0.4) is 0 Å². The van der Waals surface area contributed by atoms with Crippen molar-refractivity contribution in [3.05, 3.63) is 60.4 Å². The molecule has 1 saturated carbocycles. The van der Waals surface area contributed by atoms with E-state index >= 15 is 0 Å². The SMILES string of the molecule is COC1CCN(c2cc(Nc3ccnc(-c4cnn(S(=O)(=O)C5CC5)c4)n3)ncc2C#Cc2cnn(C3CCN(C(C)=O)CC3)c2)CC1. The second-order valence-corrected chi connectivity index (χ2v) is 14.5. The van der Waals surface area contributed by atoms with Crippen LogP contribution in [0, 0.1) is 11.8 Å². The Balaban J connectivity index is 1.10. The molecule has 0 unspecified atom stereocenters. The highest BCUT2D eigenvalue weighted by atomic mass is 32.2. The number of hydrogen-bond donors (Lipinski definition) is 1. The average Bonchev–Trinajstić information content (AvgIpc) is 3.66. The quantitative estimate of drug-likeness (QED) is 0.275. The van der Waals surface area contributed by atoms with E-state index in [1.165, 1.54) is 12.4 Å². The number of carbonyl (C=O) groups is 1. The van der Waals surface area contributed by atoms with Crippen molar-refractivity contribution in [1.82, 2.24) is 38.8 Å². The van der Waals surface area contributed by atoms with Gasteiger partial charge in [0.05, 0.1) is 58.4 Å². The summed E-state index contributed by atoms with van der Waals surface area (Å²) in [4.78, 5) is 29.5. The molecule has 1 amide bonds. The summed E-state index contributed by atoms with van der Waals surface area (Å²) < 4.78 is 33.8. The molecule has 4 aromatic heterocycles. The van der Waals surface area contributed by atoms with Crippen LogP contribution in [-0.2, 0) is 19.6 Å². The van der Waals surface area contributed by atoms with E-state index in [-0.39, 0.29) is 23.3 Å². The van der Waals surface area contributed by atoms with Crippen molar-refractivity contribution in [3.63, 3.8) is 0 Å². The molecule has 1 aliphatic carbocycles. The number of methoxy groups -OCH3 is 1. The van der Waals surface area contributed by atoms with E-state index in [2.05, 4.69) is 47.2 Å². The number of nitrogens with one attached hydrogen (secondary N) is 1. The number of pyridine rings is 1. The second-order valence-electron chi connectivity index (χ2n) is 12.4. The minimum absolute atomic E-state index is 0.117. The summed E-state index contributed by atoms with van der Waals surface area (Å²) in [7, 11) is -1.73. The van der Waals surface area contributed by atoms with Gasteiger partial charge in [0.2, 0.25) is 5.91 Å². The first-order valence-electron chi connectivity index (χ1n) is 16.3. The Kier molecular flexibility index (Phi) is 8.84. The summed E-state index contributed by atoms with van der Waals surface area (Å²) in [5.74, 6) is 8.19. The maximum absolute atomic E-state index is 12.6. The summed E-state index contributed by atoms with van der Waals surface area (Å²) in [5, 5.41) is 11.6. The predicted octanol–water partition coefficient (Wildman–Crippen LogP) is 3.21. The van der Waals surface area contributed by atoms with Crippen LogP contribution >= 0.6 is 0 Å². The van der Waals surface area contributed by atoms with Crippen LogP contribution in [0.2, 0.25) is 0 Å². The van der Waals surface area contributed by atoms with Crippen molar-refractivity contribution >= 4 is 33.3 Å². The largest absolute Gasteiger partial charge is 0.381 e. The zero-order valence-corrected chi connectivity index (χ0v) is 27.8. The Hall–Kier alpha value is -4.81. The van der Waals surface area contributed by atoms with Crippen LogP contribution in [0.25, 0.3) is 11.4 Å². The lowest BCUT2D eigenvalue weighted by molar-refractivity contribution is -0.130. The fourth-order valence-corrected chi connectivity index (χ4v) is 7.64. The van der Waals surface area contributed by atoms with Crippen LogP contribution < -0.4 is 10.2 Å². The maximum atomic E-state index is 12.6. The first-order chi connectivity index (χ1) is 23.3. The van der Waals surface area contributed by atoms with E-state index < -0.39 is 10.0 Å². The minimum Gasteiger partial charge on any atom is -0.381 e. The molecule has 3 fully saturated rings. The van der Waals surface area contributed by atoms with E-state index in [0.29, 0.717) is 35.9 Å². The Morgan fingerprint density at radius 3 is 2.46 bits per heavy atom. The summed E-state index contributed by atoms with van der Waals surface area (Å²) in [6.07, 6.45) is 15.2. The molecule has 2 aliphatic heterocycles. The summed E-state index contributed by atoms with van der Waals surface area (Å²) in [6.45, 7) is 4.73. The molecule has 2 saturated heterocycles. The monoisotopic (exact) mass is 670 g/mol. The molecule has 7 rings (SSSR count). The van der Waals surface area contributed by atoms with Crippen LogP contribution in [0.15, 0.2) is 49.3 Å². The molecule has 0 bridgehead atoms. The third-order valence-electron chi connectivity index (χ3n) is 9.16. The molecular weight excluding hydrogens is 632 g/mol. The first-order valence-corrected chi connectivity index (χ1v) is 17.8. The molecule has 0 radical (unpaired) electrons. The Morgan fingerprint density at radius 2 is 1.73 bits per heavy atom. The zero-order valence-electron chi connectivity index (χ0n) is 27.0. The second kappa shape index (κ2) is 13.4. The maximum Gasteiger partial charge on any atom is 0.256 e. The van der Waals surface area contributed by atoms with Crippen LogP contribution in [0.5, 0.6) is 0 Å². The fraction of sp³-hybridized carbons (Fsp3) is 0.455. The lowest BCUT2D eigenvalue weighted by Gasteiger charge is -2.33. The molecule has 0 spiro atoms. The van der Waals surface area contributed by atoms with E-state index in [0.717, 1.165) is 72.8 Å². The number of carbonyl (C=O) groups excluding carboxylic acids is 1. The molecule has 15 heteroatoms. The number of aromatic nitrogens is 7. The van der Waals surface area contributed by atoms with Gasteiger partial charge in [0.15, 0.2) is 5.82 Å². The Morgan fingerprint density at radius 1 is 0.938 bits per heavy atom. The van der Waals surface area contributed by atoms with Gasteiger partial charge in [-0.15, -0.1) is 0 Å². The van der Waals surface area contributed by atoms with Crippen molar-refractivity contribution < 1.29 is 17.9 Å². The number of ether oxygens (including phenoxy) is 1. The summed E-state index contributed by atoms with van der Waals surface area (Å²) >= 11 is 0. The number of rotatable bonds is 8. The fourth-order valence-electron chi connectivity index (χ4n) is 6.17. The van der Waals surface area contributed by atoms with Gasteiger partial charge in [0.1, 0.15) is 11.6 Å². The van der Waals surface area contributed by atoms with Crippen molar-refractivity contribution in [2.45, 2.75) is 62.8 Å². The average molecular weight is 671 g/mol. The van der Waals surface area contributed by atoms with Crippen molar-refractivity contribution in [2.75, 3.05) is 43.5 Å². The van der Waals surface area contributed by atoms with E-state index in [4.69, 9.17) is 4.74 Å². The molecule has 3 aliphatic rings. The highest BCUT2D eigenvalue weighted by molar-refractivity contribution is 7.90. The van der Waals surface area contributed by atoms with Crippen LogP contribution in [0.4, 0.5) is 17.3 Å². The molecule has 0 atom stereocenters. The molecular formula is C33H38N10O4S. The van der Waals surface area contributed by atoms with Gasteiger partial charge in [-0.2, -0.15) is 14.3 Å². The van der Waals surface area contributed by atoms with Crippen molar-refractivity contribution in [1.29, 1.82) is 0 Å². The third-order valence-corrected chi connectivity index (χ3v) is 11.2. The number of nitrogens with zero attached hydrogens (tertiary/aromatic N) is 9. The van der Waals surface area contributed by atoms with Crippen molar-refractivity contribution in [3.8, 4) is 23.2 Å². The van der Waals surface area contributed by atoms with E-state index in [1.807, 2.05) is 21.8 Å². The van der Waals surface area contributed by atoms with Gasteiger partial charge in [-0.1, -0.05) is 11.8 Å². The molecule has 6 heterocycles. The van der Waals surface area contributed by atoms with Gasteiger partial charge in [0, 0.05) is 64.9 Å². The molecule has 250 valence electrons. The molecule has 14 nitrogen and oxygen atoms in total. The normalized spacial score (nSPS) is 17.6. The van der Waals surface area contributed by atoms with Gasteiger partial charge in [-0.05, 0) is 44.6 Å². The molecule has 48 heavy (non-hydrogen) atoms. The van der Waals surface area contributed by atoms with E-state index in [9.17, 15) is 13.2 Å². The number of amides is 1. The smallest absolute Gasteiger partial charge is 0.256 e. The lowest BCUT2D eigenvalue weighted by atomic mass is 10.1. The molecule has 1 N–H and O–H groups in total. The number of piperidine rings is 2. The first kappa shape index (κ1) is 31.8. The summed E-state index contributed by atoms with van der Waals surface area (Å²) in [5.41, 5.74) is 3.08. The van der Waals surface area contributed by atoms with Gasteiger partial charge in [0.25, 0.3) is 10.0 Å². The topological polar surface area (TPSA) is 153 Å². The predicted molar refractivity (Wildman–Crippen MR) is 179 cm³/mol. The van der Waals surface area contributed by atoms with Gasteiger partial charge >= 0.3 is 0 Å². The minimum atomic E-state index is -3.48. The number of likely N-dealkylation sites (tertiary alicyclic amines) is 1. The summed E-state index contributed by atoms with van der Waals surface area (Å²) in [6, 6.07) is 3.95. The Bertz CT molecular complexity index is 1960. The van der Waals surface area contributed by atoms with Crippen LogP contribution in [-0.4, -0.2) is 97.8 Å². The Labute approximate surface area is 279 Å². The van der Waals surface area contributed by atoms with Gasteiger partial charge in [-0.3, -0.25) is 9.48 Å². The van der Waals surface area contributed by atoms with E-state index in [1.54, 1.807) is 38.7 Å². The number of anilines is 3. The molecule has 4 aromatic rings. The van der Waals surface area contributed by atoms with Crippen LogP contribution in [0.1, 0.15) is 62.6 Å². The standard InChI is InChI=1S/C33H38N10O4S/c1-23(44)40-13-8-27(9-14-40)42-21-24(18-36-42)3-4-25-19-35-32(17-30(25)41-15-10-28(47-2)11-16-41)38-31-7-12-34-33(39-31)26-20-37-43(22-26)48(45,46)29-5-6-29/h7,12,17-22,27-29H,5-6,8-11,13-16H2,1-2H3,(H,34,35,38,39). The van der Waals surface area contributed by atoms with Gasteiger partial charge < -0.3 is 19.9 Å². The zero-order chi connectivity index (χ0) is 33.3. The highest BCUT2D eigenvalue weighted by Gasteiger charge is 2.37. The van der Waals surface area contributed by atoms with Crippen molar-refractivity contribution in [2.24, 2.45) is 0 Å². The molecule has 0 aromatic carbocycles. The third kappa shape index (κ3) is 6.90. The number of hydrogen-bond acceptors (Lipinski definition) is 11. The highest BCUT2D eigenvalue weighted by Crippen LogP contribution is 2.31.